The topological polar surface area (TPSA) is 65.1 Å². The summed E-state index contributed by atoms with van der Waals surface area (Å²) in [4.78, 5) is 28.5. The highest BCUT2D eigenvalue weighted by atomic mass is 32.1. The number of nitrogens with zero attached hydrogens (tertiary/aromatic N) is 2. The van der Waals surface area contributed by atoms with Gasteiger partial charge < -0.3 is 4.42 Å². The number of hydrogen-bond donors (Lipinski definition) is 0. The first kappa shape index (κ1) is 12.8. The molecule has 0 spiro atoms. The molecule has 0 saturated heterocycles. The zero-order valence-corrected chi connectivity index (χ0v) is 11.4. The molecular formula is C14H12N2O3S. The summed E-state index contributed by atoms with van der Waals surface area (Å²) in [5, 5.41) is 1.88. The van der Waals surface area contributed by atoms with Crippen molar-refractivity contribution in [1.82, 2.24) is 9.55 Å². The van der Waals surface area contributed by atoms with Gasteiger partial charge >= 0.3 is 5.76 Å². The van der Waals surface area contributed by atoms with Gasteiger partial charge in [0.1, 0.15) is 0 Å². The van der Waals surface area contributed by atoms with Crippen LogP contribution >= 0.6 is 11.3 Å². The van der Waals surface area contributed by atoms with Crippen LogP contribution in [0.4, 0.5) is 0 Å². The quantitative estimate of drug-likeness (QED) is 0.677. The van der Waals surface area contributed by atoms with Crippen molar-refractivity contribution in [2.75, 3.05) is 0 Å². The second kappa shape index (κ2) is 5.42. The number of thiophene rings is 1. The number of oxazole rings is 1. The van der Waals surface area contributed by atoms with E-state index in [1.54, 1.807) is 18.3 Å². The number of rotatable bonds is 5. The molecule has 0 aliphatic heterocycles. The Bertz CT molecular complexity index is 786. The van der Waals surface area contributed by atoms with Crippen molar-refractivity contribution in [2.45, 2.75) is 19.4 Å². The van der Waals surface area contributed by atoms with Crippen LogP contribution in [-0.4, -0.2) is 15.3 Å². The minimum absolute atomic E-state index is 0.105. The van der Waals surface area contributed by atoms with Crippen LogP contribution < -0.4 is 5.76 Å². The van der Waals surface area contributed by atoms with Crippen LogP contribution in [0.2, 0.25) is 0 Å². The first-order valence-electron chi connectivity index (χ1n) is 6.27. The van der Waals surface area contributed by atoms with Gasteiger partial charge in [0, 0.05) is 19.2 Å². The van der Waals surface area contributed by atoms with Gasteiger partial charge in [-0.15, -0.1) is 11.3 Å². The number of carbonyl (C=O) groups is 1. The monoisotopic (exact) mass is 288 g/mol. The number of pyridine rings is 1. The van der Waals surface area contributed by atoms with Crippen LogP contribution in [0, 0.1) is 0 Å². The lowest BCUT2D eigenvalue weighted by Crippen LogP contribution is -2.15. The van der Waals surface area contributed by atoms with Crippen molar-refractivity contribution in [3.05, 3.63) is 51.3 Å². The summed E-state index contributed by atoms with van der Waals surface area (Å²) in [6.45, 7) is 0.431. The zero-order chi connectivity index (χ0) is 13.9. The molecule has 0 aliphatic rings. The maximum Gasteiger partial charge on any atom is 0.421 e. The minimum atomic E-state index is -0.428. The number of aromatic nitrogens is 2. The molecule has 0 amide bonds. The summed E-state index contributed by atoms with van der Waals surface area (Å²) in [6.07, 6.45) is 2.61. The molecule has 0 aliphatic carbocycles. The molecule has 102 valence electrons. The van der Waals surface area contributed by atoms with Gasteiger partial charge in [-0.1, -0.05) is 6.07 Å². The molecule has 0 aromatic carbocycles. The van der Waals surface area contributed by atoms with E-state index in [2.05, 4.69) is 4.98 Å². The van der Waals surface area contributed by atoms with E-state index in [4.69, 9.17) is 4.42 Å². The van der Waals surface area contributed by atoms with E-state index in [0.717, 1.165) is 4.88 Å². The molecule has 0 fully saturated rings. The fraction of sp³-hybridized carbons (Fsp3) is 0.214. The number of carbonyl (C=O) groups excluding carboxylic acids is 1. The fourth-order valence-electron chi connectivity index (χ4n) is 2.06. The Kier molecular flexibility index (Phi) is 3.47. The van der Waals surface area contributed by atoms with Gasteiger partial charge in [-0.3, -0.25) is 9.36 Å². The maximum atomic E-state index is 11.9. The molecule has 0 atom stereocenters. The summed E-state index contributed by atoms with van der Waals surface area (Å²) in [5.74, 6) is -0.323. The number of ketones is 1. The average Bonchev–Trinajstić information content (AvgIpc) is 3.07. The third-order valence-electron chi connectivity index (χ3n) is 3.01. The highest BCUT2D eigenvalue weighted by molar-refractivity contribution is 7.12. The lowest BCUT2D eigenvalue weighted by Gasteiger charge is -2.00. The van der Waals surface area contributed by atoms with Crippen molar-refractivity contribution in [1.29, 1.82) is 0 Å². The van der Waals surface area contributed by atoms with Crippen LogP contribution in [0.15, 0.2) is 45.1 Å². The number of fused-ring (bicyclic) bond motifs is 1. The second-order valence-electron chi connectivity index (χ2n) is 4.35. The Hall–Kier alpha value is -2.21. The van der Waals surface area contributed by atoms with Gasteiger partial charge in [-0.2, -0.15) is 0 Å². The third kappa shape index (κ3) is 2.42. The predicted octanol–water partition coefficient (Wildman–Crippen LogP) is 2.71. The summed E-state index contributed by atoms with van der Waals surface area (Å²) in [6, 6.07) is 7.09. The van der Waals surface area contributed by atoms with Crippen molar-refractivity contribution in [3.63, 3.8) is 0 Å². The maximum absolute atomic E-state index is 11.9. The molecule has 20 heavy (non-hydrogen) atoms. The third-order valence-corrected chi connectivity index (χ3v) is 3.92. The predicted molar refractivity (Wildman–Crippen MR) is 76.2 cm³/mol. The summed E-state index contributed by atoms with van der Waals surface area (Å²) in [7, 11) is 0. The Morgan fingerprint density at radius 3 is 3.05 bits per heavy atom. The standard InChI is InChI=1S/C14H12N2O3S/c17-10(12-6-3-9-20-12)4-2-8-16-13-11(19-14(16)18)5-1-7-15-13/h1,3,5-7,9H,2,4,8H2. The van der Waals surface area contributed by atoms with Crippen LogP contribution in [0.3, 0.4) is 0 Å². The van der Waals surface area contributed by atoms with Crippen molar-refractivity contribution >= 4 is 28.4 Å². The van der Waals surface area contributed by atoms with E-state index in [-0.39, 0.29) is 5.78 Å². The van der Waals surface area contributed by atoms with E-state index >= 15 is 0 Å². The minimum Gasteiger partial charge on any atom is -0.406 e. The first-order valence-corrected chi connectivity index (χ1v) is 7.15. The average molecular weight is 288 g/mol. The van der Waals surface area contributed by atoms with Gasteiger partial charge in [-0.25, -0.2) is 9.78 Å². The van der Waals surface area contributed by atoms with E-state index < -0.39 is 5.76 Å². The Labute approximate surface area is 118 Å². The molecule has 3 aromatic heterocycles. The van der Waals surface area contributed by atoms with E-state index in [9.17, 15) is 9.59 Å². The number of hydrogen-bond acceptors (Lipinski definition) is 5. The van der Waals surface area contributed by atoms with Crippen LogP contribution in [-0.2, 0) is 6.54 Å². The lowest BCUT2D eigenvalue weighted by atomic mass is 10.2. The molecule has 5 nitrogen and oxygen atoms in total. The normalized spacial score (nSPS) is 11.0. The fourth-order valence-corrected chi connectivity index (χ4v) is 2.75. The second-order valence-corrected chi connectivity index (χ2v) is 5.30. The first-order chi connectivity index (χ1) is 9.75. The molecule has 3 rings (SSSR count). The Morgan fingerprint density at radius 1 is 1.35 bits per heavy atom. The Morgan fingerprint density at radius 2 is 2.25 bits per heavy atom. The highest BCUT2D eigenvalue weighted by Gasteiger charge is 2.11. The van der Waals surface area contributed by atoms with Gasteiger partial charge in [-0.05, 0) is 30.0 Å². The van der Waals surface area contributed by atoms with E-state index in [0.29, 0.717) is 30.6 Å². The van der Waals surface area contributed by atoms with Crippen LogP contribution in [0.5, 0.6) is 0 Å². The van der Waals surface area contributed by atoms with Gasteiger partial charge in [0.2, 0.25) is 0 Å². The SMILES string of the molecule is O=C(CCCn1c(=O)oc2cccnc21)c1cccs1. The van der Waals surface area contributed by atoms with E-state index in [1.165, 1.54) is 15.9 Å². The van der Waals surface area contributed by atoms with Crippen LogP contribution in [0.1, 0.15) is 22.5 Å². The summed E-state index contributed by atoms with van der Waals surface area (Å²) < 4.78 is 6.56. The van der Waals surface area contributed by atoms with E-state index in [1.807, 2.05) is 17.5 Å². The number of aryl methyl sites for hydroxylation is 1. The van der Waals surface area contributed by atoms with Crippen molar-refractivity contribution < 1.29 is 9.21 Å². The Balaban J connectivity index is 1.70. The summed E-state index contributed by atoms with van der Waals surface area (Å²) in [5.41, 5.74) is 1.00. The van der Waals surface area contributed by atoms with Crippen molar-refractivity contribution in [3.8, 4) is 0 Å². The summed E-state index contributed by atoms with van der Waals surface area (Å²) >= 11 is 1.44. The van der Waals surface area contributed by atoms with Gasteiger partial charge in [0.15, 0.2) is 17.0 Å². The molecule has 3 aromatic rings. The molecule has 0 radical (unpaired) electrons. The molecule has 0 bridgehead atoms. The smallest absolute Gasteiger partial charge is 0.406 e. The molecule has 0 unspecified atom stereocenters. The van der Waals surface area contributed by atoms with Crippen molar-refractivity contribution in [2.24, 2.45) is 0 Å². The molecule has 6 heteroatoms. The van der Waals surface area contributed by atoms with Crippen LogP contribution in [0.25, 0.3) is 11.2 Å². The molecular weight excluding hydrogens is 276 g/mol. The molecule has 0 saturated carbocycles. The zero-order valence-electron chi connectivity index (χ0n) is 10.6. The lowest BCUT2D eigenvalue weighted by molar-refractivity contribution is 0.0982. The largest absolute Gasteiger partial charge is 0.421 e. The molecule has 3 heterocycles. The van der Waals surface area contributed by atoms with Gasteiger partial charge in [0.05, 0.1) is 4.88 Å². The van der Waals surface area contributed by atoms with Gasteiger partial charge in [0.25, 0.3) is 0 Å². The number of Topliss-reactive ketones (excluding diaryl/α,β-unsaturated/α-hetero) is 1. The highest BCUT2D eigenvalue weighted by Crippen LogP contribution is 2.14. The molecule has 0 N–H and O–H groups in total.